The zero-order chi connectivity index (χ0) is 14.1. The molecule has 18 heavy (non-hydrogen) atoms. The van der Waals surface area contributed by atoms with E-state index in [2.05, 4.69) is 0 Å². The van der Waals surface area contributed by atoms with Gasteiger partial charge in [-0.05, 0) is 12.3 Å². The predicted molar refractivity (Wildman–Crippen MR) is 66.8 cm³/mol. The molecule has 106 valence electrons. The van der Waals surface area contributed by atoms with Gasteiger partial charge in [-0.2, -0.15) is 0 Å². The van der Waals surface area contributed by atoms with E-state index in [0.717, 1.165) is 6.42 Å². The highest BCUT2D eigenvalue weighted by molar-refractivity contribution is 5.71. The van der Waals surface area contributed by atoms with Crippen LogP contribution in [-0.4, -0.2) is 36.4 Å². The van der Waals surface area contributed by atoms with Gasteiger partial charge in [0.25, 0.3) is 0 Å². The van der Waals surface area contributed by atoms with Gasteiger partial charge >= 0.3 is 11.9 Å². The average Bonchev–Trinajstić information content (AvgIpc) is 2.30. The topological polar surface area (TPSA) is 72.8 Å². The molecular formula is C13H24O5. The molecule has 5 heteroatoms. The summed E-state index contributed by atoms with van der Waals surface area (Å²) >= 11 is 0. The SMILES string of the molecule is CC(C)CCC(=O)OCC(O)COC(=O)C(C)C. The molecule has 0 saturated carbocycles. The van der Waals surface area contributed by atoms with Gasteiger partial charge in [-0.15, -0.1) is 0 Å². The minimum absolute atomic E-state index is 0.137. The first-order chi connectivity index (χ1) is 8.32. The Bertz CT molecular complexity index is 260. The molecule has 0 heterocycles. The summed E-state index contributed by atoms with van der Waals surface area (Å²) in [6.45, 7) is 7.18. The van der Waals surface area contributed by atoms with E-state index in [0.29, 0.717) is 12.3 Å². The van der Waals surface area contributed by atoms with Gasteiger partial charge in [-0.25, -0.2) is 0 Å². The standard InChI is InChI=1S/C13H24O5/c1-9(2)5-6-12(15)17-7-11(14)8-18-13(16)10(3)4/h9-11,14H,5-8H2,1-4H3. The fraction of sp³-hybridized carbons (Fsp3) is 0.846. The number of aliphatic hydroxyl groups is 1. The van der Waals surface area contributed by atoms with Crippen molar-refractivity contribution in [3.8, 4) is 0 Å². The average molecular weight is 260 g/mol. The van der Waals surface area contributed by atoms with Gasteiger partial charge in [0, 0.05) is 6.42 Å². The van der Waals surface area contributed by atoms with Gasteiger partial charge in [-0.3, -0.25) is 9.59 Å². The van der Waals surface area contributed by atoms with E-state index in [-0.39, 0.29) is 31.1 Å². The van der Waals surface area contributed by atoms with E-state index in [1.54, 1.807) is 13.8 Å². The van der Waals surface area contributed by atoms with Crippen molar-refractivity contribution in [3.63, 3.8) is 0 Å². The maximum atomic E-state index is 11.3. The zero-order valence-electron chi connectivity index (χ0n) is 11.6. The number of aliphatic hydroxyl groups excluding tert-OH is 1. The molecule has 0 aliphatic carbocycles. The molecule has 0 aromatic heterocycles. The Morgan fingerprint density at radius 2 is 1.61 bits per heavy atom. The van der Waals surface area contributed by atoms with Crippen molar-refractivity contribution in [2.75, 3.05) is 13.2 Å². The van der Waals surface area contributed by atoms with E-state index in [9.17, 15) is 14.7 Å². The van der Waals surface area contributed by atoms with E-state index in [1.165, 1.54) is 0 Å². The Morgan fingerprint density at radius 1 is 1.06 bits per heavy atom. The summed E-state index contributed by atoms with van der Waals surface area (Å²) in [5.74, 6) is -0.501. The molecule has 0 radical (unpaired) electrons. The van der Waals surface area contributed by atoms with Crippen LogP contribution in [0, 0.1) is 11.8 Å². The van der Waals surface area contributed by atoms with Crippen molar-refractivity contribution < 1.29 is 24.2 Å². The summed E-state index contributed by atoms with van der Waals surface area (Å²) in [5.41, 5.74) is 0. The second-order valence-corrected chi connectivity index (χ2v) is 5.05. The van der Waals surface area contributed by atoms with Crippen LogP contribution in [-0.2, 0) is 19.1 Å². The number of hydrogen-bond acceptors (Lipinski definition) is 5. The van der Waals surface area contributed by atoms with Crippen molar-refractivity contribution in [1.29, 1.82) is 0 Å². The largest absolute Gasteiger partial charge is 0.463 e. The van der Waals surface area contributed by atoms with Crippen LogP contribution in [0.25, 0.3) is 0 Å². The van der Waals surface area contributed by atoms with Crippen LogP contribution in [0.2, 0.25) is 0 Å². The summed E-state index contributed by atoms with van der Waals surface area (Å²) in [6.07, 6.45) is 0.142. The molecule has 1 atom stereocenters. The fourth-order valence-corrected chi connectivity index (χ4v) is 1.06. The van der Waals surface area contributed by atoms with Gasteiger partial charge in [0.1, 0.15) is 19.3 Å². The van der Waals surface area contributed by atoms with E-state index < -0.39 is 6.10 Å². The van der Waals surface area contributed by atoms with Crippen molar-refractivity contribution in [2.24, 2.45) is 11.8 Å². The summed E-state index contributed by atoms with van der Waals surface area (Å²) in [4.78, 5) is 22.4. The molecule has 0 bridgehead atoms. The lowest BCUT2D eigenvalue weighted by molar-refractivity contribution is -0.154. The molecule has 0 rings (SSSR count). The van der Waals surface area contributed by atoms with Gasteiger partial charge in [0.2, 0.25) is 0 Å². The highest BCUT2D eigenvalue weighted by Crippen LogP contribution is 2.05. The third-order valence-electron chi connectivity index (χ3n) is 2.25. The molecule has 0 spiro atoms. The molecule has 0 aliphatic rings. The zero-order valence-corrected chi connectivity index (χ0v) is 11.6. The Morgan fingerprint density at radius 3 is 2.11 bits per heavy atom. The molecular weight excluding hydrogens is 236 g/mol. The molecule has 0 saturated heterocycles. The third-order valence-corrected chi connectivity index (χ3v) is 2.25. The van der Waals surface area contributed by atoms with Gasteiger partial charge in [0.05, 0.1) is 5.92 Å². The van der Waals surface area contributed by atoms with Crippen LogP contribution in [0.1, 0.15) is 40.5 Å². The first kappa shape index (κ1) is 16.9. The van der Waals surface area contributed by atoms with Crippen LogP contribution in [0.15, 0.2) is 0 Å². The lowest BCUT2D eigenvalue weighted by Crippen LogP contribution is -2.26. The van der Waals surface area contributed by atoms with Gasteiger partial charge in [-0.1, -0.05) is 27.7 Å². The summed E-state index contributed by atoms with van der Waals surface area (Å²) in [7, 11) is 0. The van der Waals surface area contributed by atoms with E-state index in [4.69, 9.17) is 9.47 Å². The number of rotatable bonds is 8. The molecule has 0 fully saturated rings. The molecule has 5 nitrogen and oxygen atoms in total. The lowest BCUT2D eigenvalue weighted by Gasteiger charge is -2.13. The van der Waals surface area contributed by atoms with Crippen molar-refractivity contribution >= 4 is 11.9 Å². The highest BCUT2D eigenvalue weighted by Gasteiger charge is 2.14. The van der Waals surface area contributed by atoms with Crippen LogP contribution in [0.5, 0.6) is 0 Å². The van der Waals surface area contributed by atoms with Crippen molar-refractivity contribution in [1.82, 2.24) is 0 Å². The first-order valence-corrected chi connectivity index (χ1v) is 6.33. The first-order valence-electron chi connectivity index (χ1n) is 6.33. The normalized spacial score (nSPS) is 12.6. The number of ether oxygens (including phenoxy) is 2. The smallest absolute Gasteiger partial charge is 0.308 e. The number of hydrogen-bond donors (Lipinski definition) is 1. The summed E-state index contributed by atoms with van der Waals surface area (Å²) < 4.78 is 9.68. The maximum Gasteiger partial charge on any atom is 0.308 e. The molecule has 0 aromatic rings. The van der Waals surface area contributed by atoms with E-state index in [1.807, 2.05) is 13.8 Å². The number of carbonyl (C=O) groups excluding carboxylic acids is 2. The molecule has 1 N–H and O–H groups in total. The van der Waals surface area contributed by atoms with E-state index >= 15 is 0 Å². The number of carbonyl (C=O) groups is 2. The summed E-state index contributed by atoms with van der Waals surface area (Å²) in [5, 5.41) is 9.45. The fourth-order valence-electron chi connectivity index (χ4n) is 1.06. The lowest BCUT2D eigenvalue weighted by atomic mass is 10.1. The molecule has 0 amide bonds. The van der Waals surface area contributed by atoms with Gasteiger partial charge in [0.15, 0.2) is 0 Å². The third kappa shape index (κ3) is 8.98. The van der Waals surface area contributed by atoms with Crippen molar-refractivity contribution in [3.05, 3.63) is 0 Å². The Kier molecular flexibility index (Phi) is 8.37. The molecule has 1 unspecified atom stereocenters. The second-order valence-electron chi connectivity index (χ2n) is 5.05. The monoisotopic (exact) mass is 260 g/mol. The minimum Gasteiger partial charge on any atom is -0.463 e. The second kappa shape index (κ2) is 8.91. The Hall–Kier alpha value is -1.10. The number of esters is 2. The minimum atomic E-state index is -0.962. The highest BCUT2D eigenvalue weighted by atomic mass is 16.6. The summed E-state index contributed by atoms with van der Waals surface area (Å²) in [6, 6.07) is 0. The molecule has 0 aliphatic heterocycles. The Balaban J connectivity index is 3.67. The predicted octanol–water partition coefficient (Wildman–Crippen LogP) is 1.53. The Labute approximate surface area is 108 Å². The quantitative estimate of drug-likeness (QED) is 0.670. The van der Waals surface area contributed by atoms with Crippen molar-refractivity contribution in [2.45, 2.75) is 46.6 Å². The van der Waals surface area contributed by atoms with Crippen LogP contribution < -0.4 is 0 Å². The van der Waals surface area contributed by atoms with Gasteiger partial charge < -0.3 is 14.6 Å². The van der Waals surface area contributed by atoms with Crippen LogP contribution in [0.3, 0.4) is 0 Å². The molecule has 0 aromatic carbocycles. The van der Waals surface area contributed by atoms with Crippen LogP contribution in [0.4, 0.5) is 0 Å². The van der Waals surface area contributed by atoms with Crippen LogP contribution >= 0.6 is 0 Å². The maximum absolute atomic E-state index is 11.3.